The molecule has 3 aliphatic rings. The molecule has 2 aliphatic carbocycles. The van der Waals surface area contributed by atoms with E-state index in [1.54, 1.807) is 0 Å². The molecule has 1 atom stereocenters. The molecule has 3 fully saturated rings. The first-order chi connectivity index (χ1) is 7.85. The average molecular weight is 235 g/mol. The van der Waals surface area contributed by atoms with Crippen molar-refractivity contribution >= 4 is 11.3 Å². The summed E-state index contributed by atoms with van der Waals surface area (Å²) in [6.45, 7) is 1.81. The van der Waals surface area contributed by atoms with Gasteiger partial charge < -0.3 is 4.74 Å². The third-order valence-corrected chi connectivity index (χ3v) is 5.58. The first kappa shape index (κ1) is 9.60. The van der Waals surface area contributed by atoms with E-state index in [4.69, 9.17) is 9.72 Å². The second kappa shape index (κ2) is 3.30. The summed E-state index contributed by atoms with van der Waals surface area (Å²) < 4.78 is 5.43. The molecular weight excluding hydrogens is 218 g/mol. The second-order valence-corrected chi connectivity index (χ2v) is 6.67. The van der Waals surface area contributed by atoms with E-state index in [9.17, 15) is 0 Å². The highest BCUT2D eigenvalue weighted by atomic mass is 32.1. The van der Waals surface area contributed by atoms with E-state index in [0.717, 1.165) is 31.0 Å². The molecule has 2 nitrogen and oxygen atoms in total. The number of nitrogens with zero attached hydrogens (tertiary/aromatic N) is 1. The molecule has 0 radical (unpaired) electrons. The van der Waals surface area contributed by atoms with Crippen LogP contribution in [0.2, 0.25) is 0 Å². The maximum Gasteiger partial charge on any atom is 0.0959 e. The maximum absolute atomic E-state index is 5.43. The van der Waals surface area contributed by atoms with Crippen molar-refractivity contribution < 1.29 is 4.74 Å². The van der Waals surface area contributed by atoms with Crippen molar-refractivity contribution in [3.05, 3.63) is 16.1 Å². The Hall–Kier alpha value is -0.410. The van der Waals surface area contributed by atoms with Gasteiger partial charge in [0.1, 0.15) is 0 Å². The zero-order valence-corrected chi connectivity index (χ0v) is 10.3. The molecule has 2 saturated carbocycles. The molecule has 0 bridgehead atoms. The number of hydrogen-bond acceptors (Lipinski definition) is 3. The van der Waals surface area contributed by atoms with Crippen molar-refractivity contribution in [3.63, 3.8) is 0 Å². The molecule has 0 amide bonds. The van der Waals surface area contributed by atoms with Gasteiger partial charge in [0.15, 0.2) is 0 Å². The quantitative estimate of drug-likeness (QED) is 0.784. The molecule has 1 aliphatic heterocycles. The third kappa shape index (κ3) is 1.45. The van der Waals surface area contributed by atoms with Crippen LogP contribution in [0.15, 0.2) is 5.38 Å². The van der Waals surface area contributed by atoms with E-state index in [1.807, 2.05) is 11.3 Å². The van der Waals surface area contributed by atoms with Gasteiger partial charge in [-0.3, -0.25) is 0 Å². The number of ether oxygens (including phenoxy) is 1. The van der Waals surface area contributed by atoms with E-state index in [2.05, 4.69) is 5.38 Å². The van der Waals surface area contributed by atoms with Crippen molar-refractivity contribution in [2.45, 2.75) is 43.9 Å². The Morgan fingerprint density at radius 2 is 2.19 bits per heavy atom. The normalized spacial score (nSPS) is 31.9. The van der Waals surface area contributed by atoms with Crippen molar-refractivity contribution in [2.75, 3.05) is 13.2 Å². The summed E-state index contributed by atoms with van der Waals surface area (Å²) in [5, 5.41) is 3.67. The van der Waals surface area contributed by atoms with E-state index < -0.39 is 0 Å². The fraction of sp³-hybridized carbons (Fsp3) is 0.769. The van der Waals surface area contributed by atoms with Crippen LogP contribution in [-0.2, 0) is 4.74 Å². The summed E-state index contributed by atoms with van der Waals surface area (Å²) in [6.07, 6.45) is 6.97. The molecule has 2 heterocycles. The minimum absolute atomic E-state index is 0.583. The molecular formula is C13H17NOS. The van der Waals surface area contributed by atoms with Gasteiger partial charge in [-0.15, -0.1) is 11.3 Å². The highest BCUT2D eigenvalue weighted by Crippen LogP contribution is 2.66. The monoisotopic (exact) mass is 235 g/mol. The van der Waals surface area contributed by atoms with Crippen molar-refractivity contribution in [1.29, 1.82) is 0 Å². The first-order valence-electron chi connectivity index (χ1n) is 6.38. The van der Waals surface area contributed by atoms with Crippen LogP contribution in [0.3, 0.4) is 0 Å². The minimum atomic E-state index is 0.583. The van der Waals surface area contributed by atoms with Crippen LogP contribution in [0, 0.1) is 5.41 Å². The van der Waals surface area contributed by atoms with Gasteiger partial charge in [-0.2, -0.15) is 0 Å². The largest absolute Gasteiger partial charge is 0.381 e. The van der Waals surface area contributed by atoms with Gasteiger partial charge in [0.25, 0.3) is 0 Å². The van der Waals surface area contributed by atoms with Crippen LogP contribution in [0.25, 0.3) is 0 Å². The highest BCUT2D eigenvalue weighted by Gasteiger charge is 2.53. The van der Waals surface area contributed by atoms with Crippen LogP contribution in [0.5, 0.6) is 0 Å². The second-order valence-electron chi connectivity index (χ2n) is 5.78. The van der Waals surface area contributed by atoms with Gasteiger partial charge in [-0.25, -0.2) is 4.98 Å². The van der Waals surface area contributed by atoms with Crippen LogP contribution < -0.4 is 0 Å². The Labute approximate surface area is 100 Å². The van der Waals surface area contributed by atoms with Crippen LogP contribution in [-0.4, -0.2) is 18.2 Å². The number of thiazole rings is 1. The fourth-order valence-corrected chi connectivity index (χ4v) is 4.19. The van der Waals surface area contributed by atoms with Gasteiger partial charge in [0.2, 0.25) is 0 Å². The Bertz CT molecular complexity index is 396. The van der Waals surface area contributed by atoms with Gasteiger partial charge in [-0.1, -0.05) is 0 Å². The topological polar surface area (TPSA) is 22.1 Å². The Morgan fingerprint density at radius 3 is 2.88 bits per heavy atom. The molecule has 0 N–H and O–H groups in total. The molecule has 1 spiro atoms. The van der Waals surface area contributed by atoms with Gasteiger partial charge in [0.05, 0.1) is 17.3 Å². The molecule has 3 heteroatoms. The Kier molecular flexibility index (Phi) is 1.98. The van der Waals surface area contributed by atoms with E-state index >= 15 is 0 Å². The summed E-state index contributed by atoms with van der Waals surface area (Å²) in [6, 6.07) is 0. The molecule has 1 aromatic rings. The van der Waals surface area contributed by atoms with Gasteiger partial charge >= 0.3 is 0 Å². The average Bonchev–Trinajstić information content (AvgIpc) is 2.71. The van der Waals surface area contributed by atoms with Gasteiger partial charge in [-0.05, 0) is 37.5 Å². The summed E-state index contributed by atoms with van der Waals surface area (Å²) >= 11 is 1.88. The predicted octanol–water partition coefficient (Wildman–Crippen LogP) is 3.30. The predicted molar refractivity (Wildman–Crippen MR) is 63.9 cm³/mol. The molecule has 0 aromatic carbocycles. The molecule has 86 valence electrons. The molecule has 16 heavy (non-hydrogen) atoms. The lowest BCUT2D eigenvalue weighted by molar-refractivity contribution is 0.193. The summed E-state index contributed by atoms with van der Waals surface area (Å²) in [5.41, 5.74) is 2.10. The van der Waals surface area contributed by atoms with Crippen molar-refractivity contribution in [3.8, 4) is 0 Å². The van der Waals surface area contributed by atoms with E-state index in [0.29, 0.717) is 5.92 Å². The lowest BCUT2D eigenvalue weighted by Crippen LogP contribution is -2.22. The highest BCUT2D eigenvalue weighted by molar-refractivity contribution is 7.09. The zero-order chi connectivity index (χ0) is 10.6. The Morgan fingerprint density at radius 1 is 1.31 bits per heavy atom. The van der Waals surface area contributed by atoms with E-state index in [-0.39, 0.29) is 0 Å². The molecule has 1 aromatic heterocycles. The number of aromatic nitrogens is 1. The standard InChI is InChI=1S/C13H17NOS/c1-4-15-7-9(1)11-8-16-12(14-11)10-5-13(6-10)2-3-13/h8-10H,1-7H2. The molecule has 1 unspecified atom stereocenters. The minimum Gasteiger partial charge on any atom is -0.381 e. The smallest absolute Gasteiger partial charge is 0.0959 e. The SMILES string of the molecule is c1sc(C2CC3(CC3)C2)nc1C1CCOC1. The van der Waals surface area contributed by atoms with Gasteiger partial charge in [0, 0.05) is 23.8 Å². The Balaban J connectivity index is 1.48. The number of hydrogen-bond donors (Lipinski definition) is 0. The van der Waals surface area contributed by atoms with Crippen LogP contribution in [0.1, 0.15) is 54.6 Å². The lowest BCUT2D eigenvalue weighted by Gasteiger charge is -2.34. The fourth-order valence-electron chi connectivity index (χ4n) is 3.19. The number of rotatable bonds is 2. The first-order valence-corrected chi connectivity index (χ1v) is 7.26. The summed E-state index contributed by atoms with van der Waals surface area (Å²) in [4.78, 5) is 4.85. The lowest BCUT2D eigenvalue weighted by atomic mass is 9.72. The van der Waals surface area contributed by atoms with Crippen LogP contribution >= 0.6 is 11.3 Å². The summed E-state index contributed by atoms with van der Waals surface area (Å²) in [5.74, 6) is 1.38. The maximum atomic E-state index is 5.43. The van der Waals surface area contributed by atoms with Crippen molar-refractivity contribution in [2.24, 2.45) is 5.41 Å². The van der Waals surface area contributed by atoms with Crippen LogP contribution in [0.4, 0.5) is 0 Å². The summed E-state index contributed by atoms with van der Waals surface area (Å²) in [7, 11) is 0. The molecule has 4 rings (SSSR count). The van der Waals surface area contributed by atoms with E-state index in [1.165, 1.54) is 36.4 Å². The third-order valence-electron chi connectivity index (χ3n) is 4.55. The molecule has 1 saturated heterocycles. The van der Waals surface area contributed by atoms with Crippen molar-refractivity contribution in [1.82, 2.24) is 4.98 Å². The zero-order valence-electron chi connectivity index (χ0n) is 9.45.